The van der Waals surface area contributed by atoms with Crippen molar-refractivity contribution in [2.75, 3.05) is 19.3 Å². The molecular formula is C14H21ClN2O3S. The van der Waals surface area contributed by atoms with Crippen LogP contribution in [0.25, 0.3) is 0 Å². The largest absolute Gasteiger partial charge is 0.348 e. The van der Waals surface area contributed by atoms with Crippen molar-refractivity contribution < 1.29 is 13.2 Å². The Morgan fingerprint density at radius 1 is 1.38 bits per heavy atom. The lowest BCUT2D eigenvalue weighted by molar-refractivity contribution is 0.0930. The van der Waals surface area contributed by atoms with E-state index in [4.69, 9.17) is 0 Å². The third-order valence-corrected chi connectivity index (χ3v) is 4.62. The van der Waals surface area contributed by atoms with E-state index in [1.165, 1.54) is 12.1 Å². The summed E-state index contributed by atoms with van der Waals surface area (Å²) in [6, 6.07) is 4.77. The molecule has 1 aromatic rings. The average Bonchev–Trinajstić information content (AvgIpc) is 2.39. The van der Waals surface area contributed by atoms with Crippen LogP contribution in [-0.4, -0.2) is 39.7 Å². The zero-order chi connectivity index (χ0) is 14.8. The normalized spacial score (nSPS) is 18.7. The first-order chi connectivity index (χ1) is 9.38. The number of halogens is 1. The molecule has 2 rings (SSSR count). The van der Waals surface area contributed by atoms with E-state index in [1.54, 1.807) is 13.0 Å². The smallest absolute Gasteiger partial charge is 0.251 e. The van der Waals surface area contributed by atoms with E-state index in [0.29, 0.717) is 5.56 Å². The molecule has 21 heavy (non-hydrogen) atoms. The first-order valence-electron chi connectivity index (χ1n) is 6.70. The number of carbonyl (C=O) groups is 1. The van der Waals surface area contributed by atoms with Crippen LogP contribution in [0.2, 0.25) is 0 Å². The molecule has 0 radical (unpaired) electrons. The Bertz CT molecular complexity index is 611. The van der Waals surface area contributed by atoms with Crippen molar-refractivity contribution in [2.24, 2.45) is 0 Å². The van der Waals surface area contributed by atoms with E-state index >= 15 is 0 Å². The van der Waals surface area contributed by atoms with Gasteiger partial charge in [0.15, 0.2) is 9.84 Å². The molecule has 118 valence electrons. The van der Waals surface area contributed by atoms with Crippen LogP contribution in [0.3, 0.4) is 0 Å². The highest BCUT2D eigenvalue weighted by Crippen LogP contribution is 2.16. The monoisotopic (exact) mass is 332 g/mol. The Balaban J connectivity index is 0.00000220. The summed E-state index contributed by atoms with van der Waals surface area (Å²) in [5.74, 6) is -0.207. The molecule has 0 saturated carbocycles. The van der Waals surface area contributed by atoms with Crippen molar-refractivity contribution >= 4 is 28.2 Å². The van der Waals surface area contributed by atoms with Gasteiger partial charge in [-0.05, 0) is 44.0 Å². The number of rotatable bonds is 3. The Labute approximate surface area is 131 Å². The molecule has 1 saturated heterocycles. The van der Waals surface area contributed by atoms with Gasteiger partial charge >= 0.3 is 0 Å². The number of piperidine rings is 1. The molecule has 0 aliphatic carbocycles. The predicted octanol–water partition coefficient (Wildman–Crippen LogP) is 1.30. The molecular weight excluding hydrogens is 312 g/mol. The molecule has 0 bridgehead atoms. The van der Waals surface area contributed by atoms with Crippen molar-refractivity contribution in [1.82, 2.24) is 10.6 Å². The van der Waals surface area contributed by atoms with Crippen LogP contribution in [0.1, 0.15) is 28.8 Å². The number of nitrogens with one attached hydrogen (secondary N) is 2. The second-order valence-corrected chi connectivity index (χ2v) is 7.28. The van der Waals surface area contributed by atoms with Gasteiger partial charge in [0.1, 0.15) is 0 Å². The summed E-state index contributed by atoms with van der Waals surface area (Å²) >= 11 is 0. The van der Waals surface area contributed by atoms with Gasteiger partial charge < -0.3 is 10.6 Å². The molecule has 1 aliphatic rings. The van der Waals surface area contributed by atoms with E-state index in [9.17, 15) is 13.2 Å². The van der Waals surface area contributed by atoms with Crippen molar-refractivity contribution in [2.45, 2.75) is 30.7 Å². The van der Waals surface area contributed by atoms with Gasteiger partial charge in [-0.1, -0.05) is 6.07 Å². The lowest BCUT2D eigenvalue weighted by Crippen LogP contribution is -2.45. The first-order valence-corrected chi connectivity index (χ1v) is 8.59. The average molecular weight is 333 g/mol. The second kappa shape index (κ2) is 7.24. The zero-order valence-corrected chi connectivity index (χ0v) is 13.8. The van der Waals surface area contributed by atoms with Gasteiger partial charge in [0.25, 0.3) is 5.91 Å². The van der Waals surface area contributed by atoms with E-state index in [2.05, 4.69) is 10.6 Å². The number of hydrogen-bond acceptors (Lipinski definition) is 4. The van der Waals surface area contributed by atoms with Crippen LogP contribution in [0.5, 0.6) is 0 Å². The molecule has 1 amide bonds. The van der Waals surface area contributed by atoms with E-state index in [0.717, 1.165) is 37.8 Å². The van der Waals surface area contributed by atoms with Gasteiger partial charge in [-0.3, -0.25) is 4.79 Å². The maximum atomic E-state index is 12.3. The highest BCUT2D eigenvalue weighted by atomic mass is 35.5. The van der Waals surface area contributed by atoms with E-state index in [1.807, 2.05) is 0 Å². The number of amides is 1. The minimum atomic E-state index is -3.30. The maximum absolute atomic E-state index is 12.3. The summed E-state index contributed by atoms with van der Waals surface area (Å²) < 4.78 is 23.1. The minimum absolute atomic E-state index is 0. The Kier molecular flexibility index (Phi) is 6.19. The molecule has 1 fully saturated rings. The molecule has 1 atom stereocenters. The molecule has 0 spiro atoms. The van der Waals surface area contributed by atoms with Crippen LogP contribution in [0.15, 0.2) is 23.1 Å². The van der Waals surface area contributed by atoms with Crippen LogP contribution in [-0.2, 0) is 9.84 Å². The third-order valence-electron chi connectivity index (χ3n) is 3.51. The van der Waals surface area contributed by atoms with Crippen LogP contribution >= 0.6 is 12.4 Å². The summed E-state index contributed by atoms with van der Waals surface area (Å²) in [5, 5.41) is 6.19. The predicted molar refractivity (Wildman–Crippen MR) is 84.9 cm³/mol. The van der Waals surface area contributed by atoms with Gasteiger partial charge in [0, 0.05) is 24.4 Å². The van der Waals surface area contributed by atoms with Gasteiger partial charge in [-0.2, -0.15) is 0 Å². The standard InChI is InChI=1S/C14H20N2O3S.ClH/c1-10-5-6-12(20(2,18)19)8-13(10)14(17)16-11-4-3-7-15-9-11;/h5-6,8,11,15H,3-4,7,9H2,1-2H3,(H,16,17);1H. The maximum Gasteiger partial charge on any atom is 0.251 e. The fourth-order valence-corrected chi connectivity index (χ4v) is 2.96. The SMILES string of the molecule is Cc1ccc(S(C)(=O)=O)cc1C(=O)NC1CCCNC1.Cl. The van der Waals surface area contributed by atoms with Crippen molar-refractivity contribution in [1.29, 1.82) is 0 Å². The molecule has 5 nitrogen and oxygen atoms in total. The van der Waals surface area contributed by atoms with E-state index < -0.39 is 9.84 Å². The number of hydrogen-bond donors (Lipinski definition) is 2. The quantitative estimate of drug-likeness (QED) is 0.875. The summed E-state index contributed by atoms with van der Waals surface area (Å²) in [6.45, 7) is 3.55. The molecule has 2 N–H and O–H groups in total. The van der Waals surface area contributed by atoms with Crippen molar-refractivity contribution in [3.8, 4) is 0 Å². The fourth-order valence-electron chi connectivity index (χ4n) is 2.31. The minimum Gasteiger partial charge on any atom is -0.348 e. The fraction of sp³-hybridized carbons (Fsp3) is 0.500. The van der Waals surface area contributed by atoms with Gasteiger partial charge in [-0.15, -0.1) is 12.4 Å². The zero-order valence-electron chi connectivity index (χ0n) is 12.2. The van der Waals surface area contributed by atoms with Crippen LogP contribution < -0.4 is 10.6 Å². The summed E-state index contributed by atoms with van der Waals surface area (Å²) in [6.07, 6.45) is 3.13. The number of carbonyl (C=O) groups excluding carboxylic acids is 1. The van der Waals surface area contributed by atoms with Crippen LogP contribution in [0, 0.1) is 6.92 Å². The van der Waals surface area contributed by atoms with Crippen molar-refractivity contribution in [3.63, 3.8) is 0 Å². The van der Waals surface area contributed by atoms with Gasteiger partial charge in [-0.25, -0.2) is 8.42 Å². The number of benzene rings is 1. The summed E-state index contributed by atoms with van der Waals surface area (Å²) in [7, 11) is -3.30. The van der Waals surface area contributed by atoms with Gasteiger partial charge in [0.05, 0.1) is 4.90 Å². The van der Waals surface area contributed by atoms with Gasteiger partial charge in [0.2, 0.25) is 0 Å². The lowest BCUT2D eigenvalue weighted by Gasteiger charge is -2.24. The Morgan fingerprint density at radius 3 is 2.67 bits per heavy atom. The van der Waals surface area contributed by atoms with E-state index in [-0.39, 0.29) is 29.3 Å². The Hall–Kier alpha value is -1.11. The molecule has 1 aromatic carbocycles. The van der Waals surface area contributed by atoms with Crippen molar-refractivity contribution in [3.05, 3.63) is 29.3 Å². The first kappa shape index (κ1) is 17.9. The summed E-state index contributed by atoms with van der Waals surface area (Å²) in [4.78, 5) is 12.5. The van der Waals surface area contributed by atoms with Crippen LogP contribution in [0.4, 0.5) is 0 Å². The summed E-state index contributed by atoms with van der Waals surface area (Å²) in [5.41, 5.74) is 1.21. The third kappa shape index (κ3) is 4.69. The lowest BCUT2D eigenvalue weighted by atomic mass is 10.1. The highest BCUT2D eigenvalue weighted by Gasteiger charge is 2.19. The topological polar surface area (TPSA) is 75.3 Å². The highest BCUT2D eigenvalue weighted by molar-refractivity contribution is 7.90. The molecule has 1 unspecified atom stereocenters. The molecule has 1 aliphatic heterocycles. The Morgan fingerprint density at radius 2 is 2.10 bits per heavy atom. The molecule has 0 aromatic heterocycles. The molecule has 7 heteroatoms. The number of sulfone groups is 1. The number of aryl methyl sites for hydroxylation is 1. The second-order valence-electron chi connectivity index (χ2n) is 5.27. The molecule has 1 heterocycles.